The van der Waals surface area contributed by atoms with Crippen LogP contribution in [-0.2, 0) is 19.0 Å². The van der Waals surface area contributed by atoms with Crippen LogP contribution in [0.25, 0.3) is 0 Å². The van der Waals surface area contributed by atoms with Gasteiger partial charge in [-0.15, -0.1) is 0 Å². The quantitative estimate of drug-likeness (QED) is 0.577. The van der Waals surface area contributed by atoms with Crippen LogP contribution in [0.1, 0.15) is 36.0 Å². The number of halogens is 3. The lowest BCUT2D eigenvalue weighted by Gasteiger charge is -2.37. The first-order chi connectivity index (χ1) is 14.5. The van der Waals surface area contributed by atoms with Crippen LogP contribution < -0.4 is 9.64 Å². The third kappa shape index (κ3) is 4.91. The van der Waals surface area contributed by atoms with Crippen molar-refractivity contribution in [2.24, 2.45) is 0 Å². The van der Waals surface area contributed by atoms with Gasteiger partial charge in [0.1, 0.15) is 5.75 Å². The molecule has 1 saturated heterocycles. The third-order valence-corrected chi connectivity index (χ3v) is 6.15. The van der Waals surface area contributed by atoms with E-state index in [9.17, 15) is 13.2 Å². The molecule has 6 heteroatoms. The van der Waals surface area contributed by atoms with E-state index >= 15 is 0 Å². The molecule has 0 amide bonds. The fourth-order valence-electron chi connectivity index (χ4n) is 4.54. The number of unbranched alkanes of at least 4 members (excludes halogenated alkanes) is 1. The second kappa shape index (κ2) is 9.29. The van der Waals surface area contributed by atoms with Gasteiger partial charge in [0, 0.05) is 31.9 Å². The Labute approximate surface area is 176 Å². The van der Waals surface area contributed by atoms with Crippen molar-refractivity contribution in [3.8, 4) is 5.75 Å². The Morgan fingerprint density at radius 2 is 1.67 bits per heavy atom. The van der Waals surface area contributed by atoms with Gasteiger partial charge in [0.2, 0.25) is 0 Å². The minimum atomic E-state index is -4.31. The number of anilines is 1. The Morgan fingerprint density at radius 3 is 2.47 bits per heavy atom. The van der Waals surface area contributed by atoms with Gasteiger partial charge in [-0.2, -0.15) is 13.2 Å². The first-order valence-corrected chi connectivity index (χ1v) is 10.9. The molecule has 0 radical (unpaired) electrons. The second-order valence-electron chi connectivity index (χ2n) is 8.15. The molecule has 1 fully saturated rings. The molecular formula is C24H29F3N2O. The van der Waals surface area contributed by atoms with Crippen molar-refractivity contribution in [3.05, 3.63) is 59.2 Å². The largest absolute Gasteiger partial charge is 0.493 e. The van der Waals surface area contributed by atoms with E-state index < -0.39 is 11.7 Å². The molecule has 0 aromatic heterocycles. The summed E-state index contributed by atoms with van der Waals surface area (Å²) < 4.78 is 45.8. The summed E-state index contributed by atoms with van der Waals surface area (Å²) in [6.07, 6.45) is 1.20. The summed E-state index contributed by atoms with van der Waals surface area (Å²) in [5.74, 6) is 1.04. The van der Waals surface area contributed by atoms with Gasteiger partial charge in [0.15, 0.2) is 0 Å². The Hall–Kier alpha value is -2.21. The maximum atomic E-state index is 13.3. The molecule has 1 heterocycles. The van der Waals surface area contributed by atoms with Crippen LogP contribution in [0.3, 0.4) is 0 Å². The van der Waals surface area contributed by atoms with Gasteiger partial charge in [-0.1, -0.05) is 24.3 Å². The van der Waals surface area contributed by atoms with Crippen LogP contribution >= 0.6 is 0 Å². The molecule has 162 valence electrons. The van der Waals surface area contributed by atoms with E-state index in [2.05, 4.69) is 23.1 Å². The van der Waals surface area contributed by atoms with Crippen molar-refractivity contribution in [2.45, 2.75) is 38.3 Å². The molecule has 0 unspecified atom stereocenters. The average Bonchev–Trinajstić information content (AvgIpc) is 3.23. The number of fused-ring (bicyclic) bond motifs is 1. The summed E-state index contributed by atoms with van der Waals surface area (Å²) in [7, 11) is 0. The smallest absolute Gasteiger partial charge is 0.418 e. The van der Waals surface area contributed by atoms with Crippen LogP contribution in [0, 0.1) is 0 Å². The lowest BCUT2D eigenvalue weighted by atomic mass is 10.1. The second-order valence-corrected chi connectivity index (χ2v) is 8.15. The first-order valence-electron chi connectivity index (χ1n) is 10.9. The van der Waals surface area contributed by atoms with Crippen molar-refractivity contribution in [1.29, 1.82) is 0 Å². The SMILES string of the molecule is FC(F)(F)c1ccccc1N1CCN(CCCCOc2cccc3c2CCC3)CC1. The summed E-state index contributed by atoms with van der Waals surface area (Å²) in [6.45, 7) is 4.51. The highest BCUT2D eigenvalue weighted by atomic mass is 19.4. The fraction of sp³-hybridized carbons (Fsp3) is 0.500. The number of nitrogens with zero attached hydrogens (tertiary/aromatic N) is 2. The molecule has 0 bridgehead atoms. The van der Waals surface area contributed by atoms with E-state index in [4.69, 9.17) is 4.74 Å². The number of ether oxygens (including phenoxy) is 1. The highest BCUT2D eigenvalue weighted by Gasteiger charge is 2.35. The Morgan fingerprint density at radius 1 is 0.867 bits per heavy atom. The van der Waals surface area contributed by atoms with Gasteiger partial charge < -0.3 is 9.64 Å². The number of alkyl halides is 3. The number of rotatable bonds is 7. The number of para-hydroxylation sites is 1. The van der Waals surface area contributed by atoms with Crippen molar-refractivity contribution in [1.82, 2.24) is 4.90 Å². The topological polar surface area (TPSA) is 15.7 Å². The van der Waals surface area contributed by atoms with Gasteiger partial charge in [-0.05, 0) is 68.0 Å². The first kappa shape index (κ1) is 21.0. The van der Waals surface area contributed by atoms with E-state index in [-0.39, 0.29) is 0 Å². The van der Waals surface area contributed by atoms with Crippen LogP contribution in [-0.4, -0.2) is 44.2 Å². The zero-order valence-electron chi connectivity index (χ0n) is 17.3. The molecule has 4 rings (SSSR count). The highest BCUT2D eigenvalue weighted by molar-refractivity contribution is 5.55. The minimum absolute atomic E-state index is 0.299. The predicted molar refractivity (Wildman–Crippen MR) is 113 cm³/mol. The normalized spacial score (nSPS) is 17.2. The molecule has 3 nitrogen and oxygen atoms in total. The number of aryl methyl sites for hydroxylation is 1. The van der Waals surface area contributed by atoms with E-state index in [1.165, 1.54) is 29.7 Å². The average molecular weight is 419 g/mol. The van der Waals surface area contributed by atoms with Crippen molar-refractivity contribution < 1.29 is 17.9 Å². The summed E-state index contributed by atoms with van der Waals surface area (Å²) in [6, 6.07) is 12.2. The molecule has 1 aliphatic heterocycles. The van der Waals surface area contributed by atoms with Gasteiger partial charge in [0.25, 0.3) is 0 Å². The van der Waals surface area contributed by atoms with Crippen LogP contribution in [0.5, 0.6) is 5.75 Å². The minimum Gasteiger partial charge on any atom is -0.493 e. The predicted octanol–water partition coefficient (Wildman–Crippen LogP) is 5.18. The van der Waals surface area contributed by atoms with Gasteiger partial charge in [-0.3, -0.25) is 4.90 Å². The summed E-state index contributed by atoms with van der Waals surface area (Å²) in [5, 5.41) is 0. The van der Waals surface area contributed by atoms with E-state index in [1.807, 2.05) is 4.90 Å². The number of hydrogen-bond acceptors (Lipinski definition) is 3. The lowest BCUT2D eigenvalue weighted by molar-refractivity contribution is -0.137. The maximum absolute atomic E-state index is 13.3. The molecule has 30 heavy (non-hydrogen) atoms. The van der Waals surface area contributed by atoms with Gasteiger partial charge in [-0.25, -0.2) is 0 Å². The van der Waals surface area contributed by atoms with Crippen LogP contribution in [0.4, 0.5) is 18.9 Å². The molecule has 2 aliphatic rings. The Bertz CT molecular complexity index is 845. The molecule has 0 spiro atoms. The fourth-order valence-corrected chi connectivity index (χ4v) is 4.54. The zero-order valence-corrected chi connectivity index (χ0v) is 17.3. The number of hydrogen-bond donors (Lipinski definition) is 0. The number of benzene rings is 2. The monoisotopic (exact) mass is 418 g/mol. The van der Waals surface area contributed by atoms with E-state index in [0.717, 1.165) is 57.7 Å². The van der Waals surface area contributed by atoms with Crippen molar-refractivity contribution >= 4 is 5.69 Å². The van der Waals surface area contributed by atoms with Crippen LogP contribution in [0.2, 0.25) is 0 Å². The zero-order chi connectivity index (χ0) is 21.0. The Kier molecular flexibility index (Phi) is 6.52. The Balaban J connectivity index is 1.19. The summed E-state index contributed by atoms with van der Waals surface area (Å²) >= 11 is 0. The van der Waals surface area contributed by atoms with Crippen LogP contribution in [0.15, 0.2) is 42.5 Å². The van der Waals surface area contributed by atoms with Gasteiger partial charge in [0.05, 0.1) is 12.2 Å². The maximum Gasteiger partial charge on any atom is 0.418 e. The molecular weight excluding hydrogens is 389 g/mol. The molecule has 0 atom stereocenters. The molecule has 2 aromatic carbocycles. The third-order valence-electron chi connectivity index (χ3n) is 6.15. The van der Waals surface area contributed by atoms with E-state index in [1.54, 1.807) is 12.1 Å². The molecule has 0 N–H and O–H groups in total. The highest BCUT2D eigenvalue weighted by Crippen LogP contribution is 2.36. The standard InChI is InChI=1S/C24H29F3N2O/c25-24(26,27)21-10-1-2-11-22(21)29-16-14-28(15-17-29)13-3-4-18-30-23-12-6-8-19-7-5-9-20(19)23/h1-2,6,8,10-12H,3-5,7,9,13-18H2. The van der Waals surface area contributed by atoms with E-state index in [0.29, 0.717) is 18.8 Å². The molecule has 2 aromatic rings. The van der Waals surface area contributed by atoms with Gasteiger partial charge >= 0.3 is 6.18 Å². The van der Waals surface area contributed by atoms with Crippen molar-refractivity contribution in [2.75, 3.05) is 44.2 Å². The molecule has 1 aliphatic carbocycles. The molecule has 0 saturated carbocycles. The number of piperazine rings is 1. The summed E-state index contributed by atoms with van der Waals surface area (Å²) in [5.41, 5.74) is 2.57. The van der Waals surface area contributed by atoms with Crippen molar-refractivity contribution in [3.63, 3.8) is 0 Å². The lowest BCUT2D eigenvalue weighted by Crippen LogP contribution is -2.47. The summed E-state index contributed by atoms with van der Waals surface area (Å²) in [4.78, 5) is 4.20.